The molecule has 1 atom stereocenters. The summed E-state index contributed by atoms with van der Waals surface area (Å²) in [4.78, 5) is 4.25. The number of aryl methyl sites for hydroxylation is 1. The van der Waals surface area contributed by atoms with Crippen molar-refractivity contribution in [3.8, 4) is 0 Å². The SMILES string of the molecule is Cn1cc(C(CCNCc2ccccc2)c2cc(N)nc3n[nH]nc23)cn1. The van der Waals surface area contributed by atoms with Crippen molar-refractivity contribution in [3.05, 3.63) is 65.5 Å². The maximum absolute atomic E-state index is 6.01. The van der Waals surface area contributed by atoms with Gasteiger partial charge in [-0.1, -0.05) is 30.3 Å². The molecular weight excluding hydrogens is 340 g/mol. The monoisotopic (exact) mass is 362 g/mol. The zero-order valence-corrected chi connectivity index (χ0v) is 15.1. The molecule has 4 rings (SSSR count). The molecule has 1 unspecified atom stereocenters. The normalized spacial score (nSPS) is 12.5. The van der Waals surface area contributed by atoms with Crippen LogP contribution in [0.4, 0.5) is 5.82 Å². The summed E-state index contributed by atoms with van der Waals surface area (Å²) in [5, 5.41) is 18.9. The number of nitrogens with one attached hydrogen (secondary N) is 2. The van der Waals surface area contributed by atoms with Crippen molar-refractivity contribution in [2.75, 3.05) is 12.3 Å². The molecule has 0 radical (unpaired) electrons. The lowest BCUT2D eigenvalue weighted by molar-refractivity contribution is 0.612. The molecule has 8 heteroatoms. The number of hydrogen-bond donors (Lipinski definition) is 3. The summed E-state index contributed by atoms with van der Waals surface area (Å²) < 4.78 is 1.81. The van der Waals surface area contributed by atoms with E-state index in [0.717, 1.165) is 36.2 Å². The van der Waals surface area contributed by atoms with Crippen LogP contribution in [-0.4, -0.2) is 36.7 Å². The van der Waals surface area contributed by atoms with E-state index in [2.05, 4.69) is 55.1 Å². The second-order valence-electron chi connectivity index (χ2n) is 6.58. The molecule has 0 aliphatic rings. The summed E-state index contributed by atoms with van der Waals surface area (Å²) in [5.74, 6) is 0.539. The number of aromatic amines is 1. The molecule has 1 aromatic carbocycles. The molecule has 8 nitrogen and oxygen atoms in total. The van der Waals surface area contributed by atoms with E-state index >= 15 is 0 Å². The third kappa shape index (κ3) is 3.80. The van der Waals surface area contributed by atoms with Gasteiger partial charge >= 0.3 is 0 Å². The van der Waals surface area contributed by atoms with E-state index < -0.39 is 0 Å². The predicted molar refractivity (Wildman–Crippen MR) is 104 cm³/mol. The number of anilines is 1. The fourth-order valence-electron chi connectivity index (χ4n) is 3.34. The first-order valence-electron chi connectivity index (χ1n) is 8.91. The highest BCUT2D eigenvalue weighted by molar-refractivity contribution is 5.77. The van der Waals surface area contributed by atoms with Crippen molar-refractivity contribution in [2.24, 2.45) is 7.05 Å². The Hall–Kier alpha value is -3.26. The fraction of sp³-hybridized carbons (Fsp3) is 0.263. The Balaban J connectivity index is 1.57. The zero-order valence-electron chi connectivity index (χ0n) is 15.1. The van der Waals surface area contributed by atoms with Crippen molar-refractivity contribution < 1.29 is 0 Å². The number of fused-ring (bicyclic) bond motifs is 1. The Morgan fingerprint density at radius 3 is 2.85 bits per heavy atom. The molecule has 0 bridgehead atoms. The van der Waals surface area contributed by atoms with Crippen molar-refractivity contribution in [1.82, 2.24) is 35.5 Å². The van der Waals surface area contributed by atoms with Gasteiger partial charge < -0.3 is 11.1 Å². The summed E-state index contributed by atoms with van der Waals surface area (Å²) in [6, 6.07) is 12.3. The highest BCUT2D eigenvalue weighted by atomic mass is 15.3. The van der Waals surface area contributed by atoms with Gasteiger partial charge in [0.2, 0.25) is 5.65 Å². The lowest BCUT2D eigenvalue weighted by Crippen LogP contribution is -2.18. The van der Waals surface area contributed by atoms with E-state index in [1.54, 1.807) is 0 Å². The van der Waals surface area contributed by atoms with Crippen LogP contribution in [0.1, 0.15) is 29.0 Å². The quantitative estimate of drug-likeness (QED) is 0.434. The molecule has 27 heavy (non-hydrogen) atoms. The minimum absolute atomic E-state index is 0.0971. The Labute approximate surface area is 156 Å². The van der Waals surface area contributed by atoms with E-state index in [-0.39, 0.29) is 5.92 Å². The first kappa shape index (κ1) is 17.2. The molecule has 0 amide bonds. The van der Waals surface area contributed by atoms with E-state index in [1.807, 2.05) is 36.3 Å². The van der Waals surface area contributed by atoms with Gasteiger partial charge in [0.1, 0.15) is 11.3 Å². The van der Waals surface area contributed by atoms with Crippen LogP contribution >= 0.6 is 0 Å². The van der Waals surface area contributed by atoms with Gasteiger partial charge in [0.25, 0.3) is 0 Å². The molecule has 0 saturated heterocycles. The fourth-order valence-corrected chi connectivity index (χ4v) is 3.34. The number of benzene rings is 1. The van der Waals surface area contributed by atoms with Crippen LogP contribution in [0.15, 0.2) is 48.8 Å². The molecule has 0 spiro atoms. The summed E-state index contributed by atoms with van der Waals surface area (Å²) in [5.41, 5.74) is 10.7. The molecule has 0 saturated carbocycles. The van der Waals surface area contributed by atoms with Gasteiger partial charge in [-0.15, -0.1) is 5.10 Å². The van der Waals surface area contributed by atoms with Gasteiger partial charge in [-0.05, 0) is 35.7 Å². The number of rotatable bonds is 7. The Bertz CT molecular complexity index is 1020. The average molecular weight is 362 g/mol. The predicted octanol–water partition coefficient (Wildman–Crippen LogP) is 1.98. The summed E-state index contributed by atoms with van der Waals surface area (Å²) in [6.07, 6.45) is 4.80. The van der Waals surface area contributed by atoms with Crippen LogP contribution in [0.3, 0.4) is 0 Å². The second-order valence-corrected chi connectivity index (χ2v) is 6.58. The zero-order chi connectivity index (χ0) is 18.6. The number of nitrogens with two attached hydrogens (primary N) is 1. The van der Waals surface area contributed by atoms with E-state index in [1.165, 1.54) is 5.56 Å². The van der Waals surface area contributed by atoms with Gasteiger partial charge in [0.15, 0.2) is 0 Å². The summed E-state index contributed by atoms with van der Waals surface area (Å²) in [7, 11) is 1.92. The maximum atomic E-state index is 6.01. The Morgan fingerprint density at radius 1 is 1.22 bits per heavy atom. The first-order chi connectivity index (χ1) is 13.2. The van der Waals surface area contributed by atoms with Crippen LogP contribution in [0.25, 0.3) is 11.2 Å². The van der Waals surface area contributed by atoms with Crippen LogP contribution < -0.4 is 11.1 Å². The largest absolute Gasteiger partial charge is 0.384 e. The number of nitrogens with zero attached hydrogens (tertiary/aromatic N) is 5. The van der Waals surface area contributed by atoms with Gasteiger partial charge in [0.05, 0.1) is 6.20 Å². The van der Waals surface area contributed by atoms with Gasteiger partial charge in [-0.25, -0.2) is 4.98 Å². The highest BCUT2D eigenvalue weighted by Crippen LogP contribution is 2.32. The first-order valence-corrected chi connectivity index (χ1v) is 8.91. The number of aromatic nitrogens is 6. The minimum Gasteiger partial charge on any atom is -0.384 e. The molecule has 4 N–H and O–H groups in total. The maximum Gasteiger partial charge on any atom is 0.203 e. The molecule has 3 heterocycles. The highest BCUT2D eigenvalue weighted by Gasteiger charge is 2.21. The summed E-state index contributed by atoms with van der Waals surface area (Å²) >= 11 is 0. The van der Waals surface area contributed by atoms with Crippen molar-refractivity contribution in [1.29, 1.82) is 0 Å². The topological polar surface area (TPSA) is 110 Å². The molecule has 3 aromatic heterocycles. The lowest BCUT2D eigenvalue weighted by Gasteiger charge is -2.17. The third-order valence-electron chi connectivity index (χ3n) is 4.63. The van der Waals surface area contributed by atoms with E-state index in [9.17, 15) is 0 Å². The van der Waals surface area contributed by atoms with Crippen LogP contribution in [0.5, 0.6) is 0 Å². The number of nitrogen functional groups attached to an aromatic ring is 1. The number of hydrogen-bond acceptors (Lipinski definition) is 6. The average Bonchev–Trinajstić information content (AvgIpc) is 3.31. The summed E-state index contributed by atoms with van der Waals surface area (Å²) in [6.45, 7) is 1.68. The van der Waals surface area contributed by atoms with E-state index in [4.69, 9.17) is 5.73 Å². The Morgan fingerprint density at radius 2 is 2.07 bits per heavy atom. The molecule has 0 fully saturated rings. The number of H-pyrrole nitrogens is 1. The van der Waals surface area contributed by atoms with Crippen LogP contribution in [-0.2, 0) is 13.6 Å². The Kier molecular flexibility index (Phi) is 4.80. The molecule has 138 valence electrons. The number of pyridine rings is 1. The molecule has 4 aromatic rings. The van der Waals surface area contributed by atoms with Crippen LogP contribution in [0, 0.1) is 0 Å². The lowest BCUT2D eigenvalue weighted by atomic mass is 9.90. The smallest absolute Gasteiger partial charge is 0.203 e. The van der Waals surface area contributed by atoms with E-state index in [0.29, 0.717) is 11.5 Å². The third-order valence-corrected chi connectivity index (χ3v) is 4.63. The molecular formula is C19H22N8. The van der Waals surface area contributed by atoms with Crippen LogP contribution in [0.2, 0.25) is 0 Å². The minimum atomic E-state index is 0.0971. The van der Waals surface area contributed by atoms with Crippen molar-refractivity contribution >= 4 is 17.0 Å². The standard InChI is InChI=1S/C19H22N8/c1-27-12-14(11-22-27)15(7-8-21-10-13-5-3-2-4-6-13)16-9-17(20)23-19-18(16)24-26-25-19/h2-6,9,11-12,15,21H,7-8,10H2,1H3,(H3,20,23,24,25,26). The molecule has 0 aliphatic heterocycles. The molecule has 0 aliphatic carbocycles. The van der Waals surface area contributed by atoms with Gasteiger partial charge in [-0.3, -0.25) is 4.68 Å². The van der Waals surface area contributed by atoms with Gasteiger partial charge in [0, 0.05) is 25.7 Å². The van der Waals surface area contributed by atoms with Crippen molar-refractivity contribution in [2.45, 2.75) is 18.9 Å². The second kappa shape index (κ2) is 7.55. The van der Waals surface area contributed by atoms with Crippen molar-refractivity contribution in [3.63, 3.8) is 0 Å². The van der Waals surface area contributed by atoms with Gasteiger partial charge in [-0.2, -0.15) is 15.4 Å².